The first-order chi connectivity index (χ1) is 8.18. The first kappa shape index (κ1) is 14.8. The Morgan fingerprint density at radius 2 is 2.00 bits per heavy atom. The summed E-state index contributed by atoms with van der Waals surface area (Å²) < 4.78 is 62.9. The number of hydrogen-bond donors (Lipinski definition) is 1. The lowest BCUT2D eigenvalue weighted by Gasteiger charge is -2.15. The third-order valence-corrected chi connectivity index (χ3v) is 2.21. The number of carbonyl (C=O) groups is 1. The van der Waals surface area contributed by atoms with Gasteiger partial charge in [0.25, 0.3) is 11.7 Å². The van der Waals surface area contributed by atoms with E-state index in [0.717, 1.165) is 0 Å². The van der Waals surface area contributed by atoms with Gasteiger partial charge in [0.1, 0.15) is 11.4 Å². The van der Waals surface area contributed by atoms with E-state index in [4.69, 9.17) is 17.3 Å². The van der Waals surface area contributed by atoms with Crippen molar-refractivity contribution >= 4 is 16.8 Å². The summed E-state index contributed by atoms with van der Waals surface area (Å²) in [5, 5.41) is -1.57. The van der Waals surface area contributed by atoms with Crippen LogP contribution in [0.2, 0.25) is 0 Å². The van der Waals surface area contributed by atoms with Crippen molar-refractivity contribution in [3.05, 3.63) is 28.6 Å². The second-order valence-electron chi connectivity index (χ2n) is 3.21. The van der Waals surface area contributed by atoms with E-state index >= 15 is 0 Å². The van der Waals surface area contributed by atoms with Crippen LogP contribution in [-0.2, 0) is 12.7 Å². The molecule has 0 atom stereocenters. The van der Waals surface area contributed by atoms with Crippen molar-refractivity contribution in [3.63, 3.8) is 0 Å². The summed E-state index contributed by atoms with van der Waals surface area (Å²) in [5.74, 6) is 0. The molecule has 0 aliphatic heterocycles. The Bertz CT molecular complexity index is 475. The maximum absolute atomic E-state index is 12.7. The molecular weight excluding hydrogens is 283 g/mol. The molecule has 9 heteroatoms. The van der Waals surface area contributed by atoms with Gasteiger partial charge in [-0.3, -0.25) is 4.79 Å². The number of rotatable bonds is 3. The van der Waals surface area contributed by atoms with E-state index in [1.54, 1.807) is 0 Å². The summed E-state index contributed by atoms with van der Waals surface area (Å²) in [6.07, 6.45) is -8.09. The van der Waals surface area contributed by atoms with Crippen molar-refractivity contribution in [2.24, 2.45) is 5.73 Å². The van der Waals surface area contributed by atoms with Gasteiger partial charge in [-0.2, -0.15) is 13.2 Å². The van der Waals surface area contributed by atoms with Gasteiger partial charge < -0.3 is 5.73 Å². The molecule has 2 N–H and O–H groups in total. The second-order valence-corrected chi connectivity index (χ2v) is 3.55. The van der Waals surface area contributed by atoms with E-state index in [9.17, 15) is 26.7 Å². The van der Waals surface area contributed by atoms with Crippen LogP contribution in [0.4, 0.5) is 22.0 Å². The Morgan fingerprint density at radius 1 is 1.44 bits per heavy atom. The van der Waals surface area contributed by atoms with E-state index in [1.165, 1.54) is 0 Å². The highest BCUT2D eigenvalue weighted by Crippen LogP contribution is 2.36. The molecule has 0 aromatic carbocycles. The number of halogens is 6. The van der Waals surface area contributed by atoms with E-state index in [1.807, 2.05) is 0 Å². The summed E-state index contributed by atoms with van der Waals surface area (Å²) in [5.41, 5.74) is 0.684. The zero-order valence-corrected chi connectivity index (χ0v) is 9.32. The van der Waals surface area contributed by atoms with Crippen molar-refractivity contribution < 1.29 is 26.7 Å². The highest BCUT2D eigenvalue weighted by molar-refractivity contribution is 6.67. The van der Waals surface area contributed by atoms with Crippen LogP contribution in [-0.4, -0.2) is 10.2 Å². The van der Waals surface area contributed by atoms with Crippen LogP contribution < -0.4 is 5.73 Å². The lowest BCUT2D eigenvalue weighted by molar-refractivity contribution is -0.138. The van der Waals surface area contributed by atoms with Gasteiger partial charge in [0.2, 0.25) is 0 Å². The van der Waals surface area contributed by atoms with Gasteiger partial charge in [-0.1, -0.05) is 0 Å². The van der Waals surface area contributed by atoms with Crippen molar-refractivity contribution in [2.45, 2.75) is 19.1 Å². The quantitative estimate of drug-likeness (QED) is 0.687. The third kappa shape index (κ3) is 2.94. The average molecular weight is 289 g/mol. The molecule has 0 bridgehead atoms. The molecule has 0 aliphatic rings. The van der Waals surface area contributed by atoms with Crippen LogP contribution in [0.5, 0.6) is 0 Å². The highest BCUT2D eigenvalue weighted by atomic mass is 35.5. The number of carbonyl (C=O) groups excluding carboxylic acids is 1. The number of alkyl halides is 5. The molecule has 18 heavy (non-hydrogen) atoms. The molecule has 1 rings (SSSR count). The van der Waals surface area contributed by atoms with Crippen LogP contribution in [0.25, 0.3) is 0 Å². The maximum Gasteiger partial charge on any atom is 0.418 e. The molecule has 1 heterocycles. The van der Waals surface area contributed by atoms with E-state index in [2.05, 4.69) is 4.98 Å². The van der Waals surface area contributed by atoms with Crippen molar-refractivity contribution in [1.82, 2.24) is 4.98 Å². The first-order valence-corrected chi connectivity index (χ1v) is 4.85. The molecule has 0 radical (unpaired) electrons. The Labute approximate surface area is 103 Å². The van der Waals surface area contributed by atoms with Gasteiger partial charge in [-0.05, 0) is 23.2 Å². The Morgan fingerprint density at radius 3 is 2.33 bits per heavy atom. The SMILES string of the molecule is NCc1cc(C(F)F)nc(C(=O)Cl)c1C(F)(F)F. The summed E-state index contributed by atoms with van der Waals surface area (Å²) in [4.78, 5) is 13.8. The first-order valence-electron chi connectivity index (χ1n) is 4.47. The number of pyridine rings is 1. The molecule has 0 spiro atoms. The highest BCUT2D eigenvalue weighted by Gasteiger charge is 2.39. The summed E-state index contributed by atoms with van der Waals surface area (Å²) in [6, 6.07) is 0.511. The maximum atomic E-state index is 12.7. The van der Waals surface area contributed by atoms with Crippen LogP contribution in [0.3, 0.4) is 0 Å². The molecule has 0 fully saturated rings. The van der Waals surface area contributed by atoms with Gasteiger partial charge in [0.05, 0.1) is 5.56 Å². The van der Waals surface area contributed by atoms with Crippen LogP contribution in [0.1, 0.15) is 33.7 Å². The zero-order valence-electron chi connectivity index (χ0n) is 8.56. The molecule has 0 amide bonds. The van der Waals surface area contributed by atoms with Crippen molar-refractivity contribution in [2.75, 3.05) is 0 Å². The molecule has 3 nitrogen and oxygen atoms in total. The fourth-order valence-corrected chi connectivity index (χ4v) is 1.49. The summed E-state index contributed by atoms with van der Waals surface area (Å²) in [7, 11) is 0. The molecule has 0 saturated carbocycles. The Balaban J connectivity index is 3.62. The van der Waals surface area contributed by atoms with E-state index in [-0.39, 0.29) is 0 Å². The minimum Gasteiger partial charge on any atom is -0.326 e. The number of hydrogen-bond acceptors (Lipinski definition) is 3. The normalized spacial score (nSPS) is 12.0. The van der Waals surface area contributed by atoms with Gasteiger partial charge in [-0.15, -0.1) is 0 Å². The number of nitrogens with two attached hydrogens (primary N) is 1. The van der Waals surface area contributed by atoms with Gasteiger partial charge in [0.15, 0.2) is 0 Å². The Kier molecular flexibility index (Phi) is 4.23. The van der Waals surface area contributed by atoms with Gasteiger partial charge >= 0.3 is 6.18 Å². The van der Waals surface area contributed by atoms with Crippen LogP contribution in [0.15, 0.2) is 6.07 Å². The standard InChI is InChI=1S/C9H6ClF5N2O/c10-7(18)6-5(9(13,14)15)3(2-16)1-4(17-6)8(11)12/h1,8H,2,16H2. The molecule has 0 saturated heterocycles. The fourth-order valence-electron chi connectivity index (χ4n) is 1.35. The smallest absolute Gasteiger partial charge is 0.326 e. The van der Waals surface area contributed by atoms with Gasteiger partial charge in [0, 0.05) is 6.54 Å². The minimum atomic E-state index is -4.96. The van der Waals surface area contributed by atoms with E-state index in [0.29, 0.717) is 6.07 Å². The van der Waals surface area contributed by atoms with E-state index < -0.39 is 46.9 Å². The summed E-state index contributed by atoms with van der Waals surface area (Å²) >= 11 is 4.93. The minimum absolute atomic E-state index is 0.511. The monoisotopic (exact) mass is 288 g/mol. The second kappa shape index (κ2) is 5.15. The molecule has 1 aromatic heterocycles. The number of nitrogens with zero attached hydrogens (tertiary/aromatic N) is 1. The number of aromatic nitrogens is 1. The molecule has 1 aromatic rings. The average Bonchev–Trinajstić information content (AvgIpc) is 2.25. The lowest BCUT2D eigenvalue weighted by atomic mass is 10.0. The van der Waals surface area contributed by atoms with Gasteiger partial charge in [-0.25, -0.2) is 13.8 Å². The molecule has 0 aliphatic carbocycles. The topological polar surface area (TPSA) is 56.0 Å². The predicted octanol–water partition coefficient (Wildman–Crippen LogP) is 2.88. The van der Waals surface area contributed by atoms with Crippen molar-refractivity contribution in [3.8, 4) is 0 Å². The summed E-state index contributed by atoms with van der Waals surface area (Å²) in [6.45, 7) is -0.672. The fraction of sp³-hybridized carbons (Fsp3) is 0.333. The molecule has 0 unspecified atom stereocenters. The zero-order chi connectivity index (χ0) is 14.1. The largest absolute Gasteiger partial charge is 0.418 e. The molecule has 100 valence electrons. The van der Waals surface area contributed by atoms with Crippen molar-refractivity contribution in [1.29, 1.82) is 0 Å². The Hall–Kier alpha value is -1.28. The third-order valence-electron chi connectivity index (χ3n) is 2.03. The lowest BCUT2D eigenvalue weighted by Crippen LogP contribution is -2.19. The van der Waals surface area contributed by atoms with Crippen LogP contribution >= 0.6 is 11.6 Å². The van der Waals surface area contributed by atoms with Crippen LogP contribution in [0, 0.1) is 0 Å². The molecular formula is C9H6ClF5N2O. The predicted molar refractivity (Wildman–Crippen MR) is 52.3 cm³/mol.